The summed E-state index contributed by atoms with van der Waals surface area (Å²) in [5, 5.41) is 21.2. The number of carbonyl (C=O) groups excluding carboxylic acids is 1. The molecule has 0 aromatic heterocycles. The number of alkyl halides is 1. The number of benzene rings is 1. The smallest absolute Gasteiger partial charge is 0.346 e. The number of hydrogen-bond acceptors (Lipinski definition) is 5. The van der Waals surface area contributed by atoms with E-state index in [0.29, 0.717) is 0 Å². The zero-order chi connectivity index (χ0) is 16.0. The van der Waals surface area contributed by atoms with E-state index < -0.39 is 34.0 Å². The second-order valence-corrected chi connectivity index (χ2v) is 6.13. The van der Waals surface area contributed by atoms with Crippen molar-refractivity contribution in [2.24, 2.45) is 0 Å². The van der Waals surface area contributed by atoms with E-state index in [-0.39, 0.29) is 6.42 Å². The first-order valence-electron chi connectivity index (χ1n) is 6.49. The number of esters is 1. The van der Waals surface area contributed by atoms with Gasteiger partial charge in [-0.05, 0) is 25.8 Å². The fraction of sp³-hybridized carbons (Fsp3) is 0.500. The van der Waals surface area contributed by atoms with Gasteiger partial charge in [-0.15, -0.1) is 0 Å². The summed E-state index contributed by atoms with van der Waals surface area (Å²) in [6.07, 6.45) is -0.203. The highest BCUT2D eigenvalue weighted by Crippen LogP contribution is 2.25. The van der Waals surface area contributed by atoms with E-state index in [1.165, 1.54) is 0 Å². The highest BCUT2D eigenvalue weighted by Gasteiger charge is 2.49. The van der Waals surface area contributed by atoms with Gasteiger partial charge in [0.2, 0.25) is 12.1 Å². The number of aliphatic hydroxyl groups is 1. The average Bonchev–Trinajstić information content (AvgIpc) is 2.38. The van der Waals surface area contributed by atoms with Gasteiger partial charge in [-0.3, -0.25) is 10.1 Å². The molecule has 0 heterocycles. The molecular weight excluding hydrogens is 342 g/mol. The van der Waals surface area contributed by atoms with Gasteiger partial charge in [-0.2, -0.15) is 0 Å². The first kappa shape index (κ1) is 17.6. The molecule has 0 bridgehead atoms. The molecule has 0 aliphatic carbocycles. The number of rotatable bonds is 7. The second-order valence-electron chi connectivity index (χ2n) is 5.03. The lowest BCUT2D eigenvalue weighted by Crippen LogP contribution is -2.54. The van der Waals surface area contributed by atoms with Gasteiger partial charge >= 0.3 is 5.97 Å². The van der Waals surface area contributed by atoms with E-state index in [1.807, 2.05) is 30.3 Å². The van der Waals surface area contributed by atoms with Crippen LogP contribution in [0.3, 0.4) is 0 Å². The fourth-order valence-electron chi connectivity index (χ4n) is 1.79. The van der Waals surface area contributed by atoms with Crippen LogP contribution in [0.1, 0.15) is 19.4 Å². The second kappa shape index (κ2) is 7.51. The van der Waals surface area contributed by atoms with Gasteiger partial charge in [-0.25, -0.2) is 4.79 Å². The van der Waals surface area contributed by atoms with E-state index >= 15 is 0 Å². The minimum absolute atomic E-state index is 0.262. The molecule has 1 N–H and O–H groups in total. The highest BCUT2D eigenvalue weighted by atomic mass is 79.9. The fourth-order valence-corrected chi connectivity index (χ4v) is 2.50. The van der Waals surface area contributed by atoms with Crippen molar-refractivity contribution in [3.63, 3.8) is 0 Å². The summed E-state index contributed by atoms with van der Waals surface area (Å²) in [5.41, 5.74) is -1.37. The Balaban J connectivity index is 2.94. The number of nitro groups is 1. The zero-order valence-electron chi connectivity index (χ0n) is 11.9. The number of nitrogens with zero attached hydrogens (tertiary/aromatic N) is 1. The van der Waals surface area contributed by atoms with Gasteiger partial charge in [0.05, 0.1) is 10.9 Å². The molecule has 0 unspecified atom stereocenters. The summed E-state index contributed by atoms with van der Waals surface area (Å²) < 4.78 is 4.95. The van der Waals surface area contributed by atoms with Crippen molar-refractivity contribution in [3.8, 4) is 0 Å². The van der Waals surface area contributed by atoms with Gasteiger partial charge in [0, 0.05) is 4.92 Å². The largest absolute Gasteiger partial charge is 0.461 e. The van der Waals surface area contributed by atoms with Gasteiger partial charge in [-0.1, -0.05) is 46.3 Å². The Morgan fingerprint density at radius 2 is 2.00 bits per heavy atom. The van der Waals surface area contributed by atoms with Crippen molar-refractivity contribution in [2.45, 2.75) is 36.8 Å². The van der Waals surface area contributed by atoms with Gasteiger partial charge in [0.1, 0.15) is 0 Å². The maximum atomic E-state index is 12.0. The van der Waals surface area contributed by atoms with E-state index in [2.05, 4.69) is 15.9 Å². The molecule has 1 aromatic rings. The minimum Gasteiger partial charge on any atom is -0.461 e. The molecule has 0 aliphatic heterocycles. The molecule has 116 valence electrons. The lowest BCUT2D eigenvalue weighted by atomic mass is 9.94. The summed E-state index contributed by atoms with van der Waals surface area (Å²) in [6, 6.07) is 9.09. The molecule has 21 heavy (non-hydrogen) atoms. The van der Waals surface area contributed by atoms with Crippen LogP contribution in [-0.2, 0) is 16.0 Å². The Kier molecular flexibility index (Phi) is 6.29. The third-order valence-corrected chi connectivity index (χ3v) is 3.92. The van der Waals surface area contributed by atoms with Crippen molar-refractivity contribution in [2.75, 3.05) is 6.54 Å². The summed E-state index contributed by atoms with van der Waals surface area (Å²) in [5.74, 6) is -0.994. The molecule has 0 saturated heterocycles. The average molecular weight is 360 g/mol. The monoisotopic (exact) mass is 359 g/mol. The first-order chi connectivity index (χ1) is 9.75. The Labute approximate surface area is 131 Å². The van der Waals surface area contributed by atoms with E-state index in [0.717, 1.165) is 5.56 Å². The van der Waals surface area contributed by atoms with Crippen LogP contribution in [0.2, 0.25) is 0 Å². The molecule has 7 heteroatoms. The van der Waals surface area contributed by atoms with Crippen LogP contribution in [0.4, 0.5) is 0 Å². The van der Waals surface area contributed by atoms with Crippen LogP contribution in [0, 0.1) is 10.1 Å². The summed E-state index contributed by atoms with van der Waals surface area (Å²) >= 11 is 3.20. The van der Waals surface area contributed by atoms with Crippen molar-refractivity contribution >= 4 is 21.9 Å². The van der Waals surface area contributed by atoms with Crippen molar-refractivity contribution in [1.82, 2.24) is 0 Å². The predicted molar refractivity (Wildman–Crippen MR) is 80.9 cm³/mol. The Bertz CT molecular complexity index is 493. The quantitative estimate of drug-likeness (QED) is 0.347. The van der Waals surface area contributed by atoms with Crippen LogP contribution in [-0.4, -0.2) is 39.1 Å². The lowest BCUT2D eigenvalue weighted by molar-refractivity contribution is -0.497. The number of halogens is 1. The topological polar surface area (TPSA) is 89.7 Å². The number of ether oxygens (including phenoxy) is 1. The van der Waals surface area contributed by atoms with Crippen LogP contribution in [0.5, 0.6) is 0 Å². The van der Waals surface area contributed by atoms with Crippen LogP contribution in [0.15, 0.2) is 30.3 Å². The molecular formula is C14H18BrNO5. The summed E-state index contributed by atoms with van der Waals surface area (Å²) in [6.45, 7) is 2.32. The molecule has 2 atom stereocenters. The molecule has 0 fully saturated rings. The Morgan fingerprint density at radius 3 is 2.48 bits per heavy atom. The van der Waals surface area contributed by atoms with Crippen molar-refractivity contribution in [1.29, 1.82) is 0 Å². The Hall–Kier alpha value is -1.47. The first-order valence-corrected chi connectivity index (χ1v) is 7.40. The van der Waals surface area contributed by atoms with Crippen LogP contribution in [0.25, 0.3) is 0 Å². The summed E-state index contributed by atoms with van der Waals surface area (Å²) in [4.78, 5) is 21.3. The highest BCUT2D eigenvalue weighted by molar-refractivity contribution is 9.09. The SMILES string of the molecule is CC(C)OC(=O)[C@](O)(C[N+](=O)[O-])[C@H](Br)Cc1ccccc1. The van der Waals surface area contributed by atoms with E-state index in [1.54, 1.807) is 13.8 Å². The molecule has 0 spiro atoms. The van der Waals surface area contributed by atoms with Crippen molar-refractivity contribution < 1.29 is 19.6 Å². The van der Waals surface area contributed by atoms with Crippen LogP contribution >= 0.6 is 15.9 Å². The Morgan fingerprint density at radius 1 is 1.43 bits per heavy atom. The minimum atomic E-state index is -2.22. The van der Waals surface area contributed by atoms with Crippen LogP contribution < -0.4 is 0 Å². The molecule has 1 rings (SSSR count). The molecule has 0 saturated carbocycles. The molecule has 6 nitrogen and oxygen atoms in total. The predicted octanol–water partition coefficient (Wildman–Crippen LogP) is 1.95. The molecule has 0 aliphatic rings. The third kappa shape index (κ3) is 5.09. The van der Waals surface area contributed by atoms with E-state index in [4.69, 9.17) is 4.74 Å². The van der Waals surface area contributed by atoms with Crippen molar-refractivity contribution in [3.05, 3.63) is 46.0 Å². The number of hydrogen-bond donors (Lipinski definition) is 1. The lowest BCUT2D eigenvalue weighted by Gasteiger charge is -2.28. The molecule has 0 radical (unpaired) electrons. The molecule has 0 amide bonds. The maximum Gasteiger partial charge on any atom is 0.346 e. The normalized spacial score (nSPS) is 15.3. The van der Waals surface area contributed by atoms with E-state index in [9.17, 15) is 20.0 Å². The maximum absolute atomic E-state index is 12.0. The standard InChI is InChI=1S/C14H18BrNO5/c1-10(2)21-13(17)14(18,9-16(19)20)12(15)8-11-6-4-3-5-7-11/h3-7,10,12,18H,8-9H2,1-2H3/t12-,14+/m1/s1. The number of carbonyl (C=O) groups is 1. The third-order valence-electron chi connectivity index (χ3n) is 2.84. The molecule has 1 aromatic carbocycles. The summed E-state index contributed by atoms with van der Waals surface area (Å²) in [7, 11) is 0. The van der Waals surface area contributed by atoms with Gasteiger partial charge < -0.3 is 9.84 Å². The zero-order valence-corrected chi connectivity index (χ0v) is 13.4. The van der Waals surface area contributed by atoms with Gasteiger partial charge in [0.25, 0.3) is 0 Å². The van der Waals surface area contributed by atoms with Gasteiger partial charge in [0.15, 0.2) is 0 Å².